The van der Waals surface area contributed by atoms with Crippen molar-refractivity contribution in [3.63, 3.8) is 0 Å². The van der Waals surface area contributed by atoms with Gasteiger partial charge in [0.1, 0.15) is 36.3 Å². The van der Waals surface area contributed by atoms with Crippen LogP contribution < -0.4 is 48.5 Å². The van der Waals surface area contributed by atoms with E-state index in [4.69, 9.17) is 10.8 Å². The monoisotopic (exact) mass is 1090 g/mol. The number of H-pyrrole nitrogens is 1. The van der Waals surface area contributed by atoms with Gasteiger partial charge in [-0.1, -0.05) is 0 Å². The lowest BCUT2D eigenvalue weighted by Crippen LogP contribution is -2.46. The molecule has 2 heterocycles. The predicted octanol–water partition coefficient (Wildman–Crippen LogP) is -3.30. The normalized spacial score (nSPS) is 13.1. The number of carbonyl (C=O) groups is 13. The molecule has 77 heavy (non-hydrogen) atoms. The van der Waals surface area contributed by atoms with Gasteiger partial charge in [-0.15, -0.1) is 0 Å². The lowest BCUT2D eigenvalue weighted by Gasteiger charge is -2.19. The number of aromatic nitrogens is 4. The van der Waals surface area contributed by atoms with Gasteiger partial charge in [0.25, 0.3) is 11.5 Å². The van der Waals surface area contributed by atoms with Crippen LogP contribution in [0.15, 0.2) is 35.3 Å². The number of carboxylic acid groups (broad SMARTS) is 7. The van der Waals surface area contributed by atoms with Gasteiger partial charge in [-0.3, -0.25) is 43.3 Å². The fraction of sp³-hybridized carbons (Fsp3) is 0.432. The summed E-state index contributed by atoms with van der Waals surface area (Å²) in [6.45, 7) is 0.102. The van der Waals surface area contributed by atoms with Gasteiger partial charge < -0.3 is 78.7 Å². The van der Waals surface area contributed by atoms with E-state index in [1.165, 1.54) is 30.5 Å². The molecule has 0 fully saturated rings. The zero-order valence-corrected chi connectivity index (χ0v) is 40.3. The Morgan fingerprint density at radius 3 is 1.16 bits per heavy atom. The number of benzene rings is 1. The average molecular weight is 1090 g/mol. The van der Waals surface area contributed by atoms with E-state index in [0.717, 1.165) is 0 Å². The summed E-state index contributed by atoms with van der Waals surface area (Å²) < 4.78 is 0. The van der Waals surface area contributed by atoms with Gasteiger partial charge in [-0.05, 0) is 62.8 Å². The van der Waals surface area contributed by atoms with Crippen LogP contribution in [0.2, 0.25) is 0 Å². The number of fused-ring (bicyclic) bond motifs is 1. The number of nitrogens with one attached hydrogen (secondary N) is 8. The Kier molecular flexibility index (Phi) is 23.7. The molecule has 2 aromatic heterocycles. The minimum atomic E-state index is -1.78. The highest BCUT2D eigenvalue weighted by molar-refractivity contribution is 5.97. The van der Waals surface area contributed by atoms with Crippen molar-refractivity contribution in [1.82, 2.24) is 51.8 Å². The first-order chi connectivity index (χ1) is 36.2. The minimum Gasteiger partial charge on any atom is -0.481 e. The summed E-state index contributed by atoms with van der Waals surface area (Å²) in [5, 5.41) is 81.7. The fourth-order valence-corrected chi connectivity index (χ4v) is 6.75. The van der Waals surface area contributed by atoms with Gasteiger partial charge in [0, 0.05) is 49.8 Å². The van der Waals surface area contributed by atoms with Crippen molar-refractivity contribution in [3.8, 4) is 0 Å². The molecule has 0 saturated heterocycles. The van der Waals surface area contributed by atoms with Crippen LogP contribution in [0.1, 0.15) is 93.1 Å². The third-order valence-corrected chi connectivity index (χ3v) is 10.8. The van der Waals surface area contributed by atoms with Crippen molar-refractivity contribution in [1.29, 1.82) is 0 Å². The second kappa shape index (κ2) is 29.7. The number of nitrogens with two attached hydrogens (primary N) is 1. The van der Waals surface area contributed by atoms with E-state index in [0.29, 0.717) is 11.4 Å². The molecular weight excluding hydrogens is 1030 g/mol. The summed E-state index contributed by atoms with van der Waals surface area (Å²) >= 11 is 0. The Morgan fingerprint density at radius 1 is 0.481 bits per heavy atom. The van der Waals surface area contributed by atoms with E-state index in [1.807, 2.05) is 5.32 Å². The molecule has 33 nitrogen and oxygen atoms in total. The first-order valence-electron chi connectivity index (χ1n) is 22.9. The Hall–Kier alpha value is -9.85. The van der Waals surface area contributed by atoms with Crippen LogP contribution in [0.3, 0.4) is 0 Å². The maximum atomic E-state index is 12.9. The molecule has 0 aliphatic rings. The Bertz CT molecular complexity index is 2790. The molecule has 17 N–H and O–H groups in total. The molecule has 33 heteroatoms. The van der Waals surface area contributed by atoms with Gasteiger partial charge >= 0.3 is 41.8 Å². The Balaban J connectivity index is 1.43. The molecular formula is C44H54N12O21. The number of anilines is 2. The summed E-state index contributed by atoms with van der Waals surface area (Å²) in [6, 6.07) is -4.52. The van der Waals surface area contributed by atoms with E-state index >= 15 is 0 Å². The summed E-state index contributed by atoms with van der Waals surface area (Å²) in [4.78, 5) is 184. The number of carbonyl (C=O) groups excluding carboxylic acids is 6. The number of hydrogen-bond donors (Lipinski definition) is 16. The smallest absolute Gasteiger partial charge is 0.326 e. The maximum Gasteiger partial charge on any atom is 0.326 e. The number of rotatable bonds is 34. The van der Waals surface area contributed by atoms with Crippen LogP contribution in [-0.2, 0) is 64.1 Å². The lowest BCUT2D eigenvalue weighted by atomic mass is 10.1. The number of hydrogen-bond acceptors (Lipinski definition) is 19. The van der Waals surface area contributed by atoms with Gasteiger partial charge in [0.2, 0.25) is 35.5 Å². The van der Waals surface area contributed by atoms with Crippen molar-refractivity contribution in [2.24, 2.45) is 0 Å². The van der Waals surface area contributed by atoms with Crippen molar-refractivity contribution in [2.45, 2.75) is 120 Å². The van der Waals surface area contributed by atoms with Crippen LogP contribution in [0.25, 0.3) is 11.2 Å². The van der Waals surface area contributed by atoms with Crippen LogP contribution in [-0.4, -0.2) is 169 Å². The molecule has 0 spiro atoms. The van der Waals surface area contributed by atoms with E-state index in [2.05, 4.69) is 51.8 Å². The summed E-state index contributed by atoms with van der Waals surface area (Å²) in [6.07, 6.45) is -5.96. The quantitative estimate of drug-likeness (QED) is 0.0279. The fourth-order valence-electron chi connectivity index (χ4n) is 6.75. The van der Waals surface area contributed by atoms with Crippen molar-refractivity contribution < 1.29 is 98.1 Å². The van der Waals surface area contributed by atoms with Crippen LogP contribution in [0.5, 0.6) is 0 Å². The SMILES string of the molecule is Nc1nc2ncc(CNc3ccc(C(=O)N[C@@H](CCC(=O)N[C@@H](CCC(=O)N[C@@H](CCC(=O)N[C@@H](CCC(=O)N[C@@H](CCC(=O)N[C@@H](CCC(=O)O)C(=O)O)C(=O)O)C(=O)O)C(=O)O)C(=O)O)C(=O)O)cc3)nc2c(=O)[nH]1. The highest BCUT2D eigenvalue weighted by atomic mass is 16.4. The molecule has 0 radical (unpaired) electrons. The molecule has 6 atom stereocenters. The van der Waals surface area contributed by atoms with Crippen LogP contribution in [0.4, 0.5) is 11.6 Å². The third-order valence-electron chi connectivity index (χ3n) is 10.8. The summed E-state index contributed by atoms with van der Waals surface area (Å²) in [5.74, 6) is -17.0. The third kappa shape index (κ3) is 21.6. The van der Waals surface area contributed by atoms with Gasteiger partial charge in [0.15, 0.2) is 11.2 Å². The van der Waals surface area contributed by atoms with Crippen molar-refractivity contribution >= 4 is 100 Å². The predicted molar refractivity (Wildman–Crippen MR) is 256 cm³/mol. The zero-order chi connectivity index (χ0) is 57.5. The molecule has 416 valence electrons. The summed E-state index contributed by atoms with van der Waals surface area (Å²) in [7, 11) is 0. The lowest BCUT2D eigenvalue weighted by molar-refractivity contribution is -0.144. The second-order valence-corrected chi connectivity index (χ2v) is 16.7. The standard InChI is InChI=1S/C44H54N12O21/c45-44-55-35-34(37(65)56-44)48-21(18-47-35)17-46-20-3-1-19(2-4-20)36(64)54-27(43(76)77)9-15-32(61)52-25(41(72)73)7-13-30(59)50-23(39(68)69)5-11-28(57)49-22(38(66)67)6-12-29(58)51-24(40(70)71)8-14-31(60)53-26(42(74)75)10-16-33(62)63/h1-4,18,22-27,46H,5-17H2,(H,49,57)(H,50,59)(H,51,58)(H,52,61)(H,53,60)(H,54,64)(H,62,63)(H,66,67)(H,68,69)(H,70,71)(H,72,73)(H,74,75)(H,76,77)(H3,45,47,55,56,65)/t22-,23-,24-,25-,26-,27-/m0/s1. The minimum absolute atomic E-state index is 0.0270. The van der Waals surface area contributed by atoms with Gasteiger partial charge in [-0.2, -0.15) is 4.98 Å². The van der Waals surface area contributed by atoms with E-state index in [9.17, 15) is 97.8 Å². The van der Waals surface area contributed by atoms with Crippen LogP contribution in [0, 0.1) is 0 Å². The first-order valence-corrected chi connectivity index (χ1v) is 22.9. The van der Waals surface area contributed by atoms with Crippen LogP contribution >= 0.6 is 0 Å². The van der Waals surface area contributed by atoms with Crippen molar-refractivity contribution in [2.75, 3.05) is 11.1 Å². The number of nitrogen functional groups attached to an aromatic ring is 1. The second-order valence-electron chi connectivity index (χ2n) is 16.7. The molecule has 3 rings (SSSR count). The number of aromatic amines is 1. The maximum absolute atomic E-state index is 12.9. The average Bonchev–Trinajstić information content (AvgIpc) is 3.35. The number of aliphatic carboxylic acids is 7. The molecule has 0 aliphatic heterocycles. The number of nitrogens with zero attached hydrogens (tertiary/aromatic N) is 3. The molecule has 6 amide bonds. The highest BCUT2D eigenvalue weighted by Crippen LogP contribution is 2.14. The number of amides is 6. The van der Waals surface area contributed by atoms with E-state index in [1.54, 1.807) is 0 Å². The molecule has 0 unspecified atom stereocenters. The topological polar surface area (TPSA) is 545 Å². The first kappa shape index (κ1) is 61.4. The van der Waals surface area contributed by atoms with E-state index < -0.39 is 196 Å². The van der Waals surface area contributed by atoms with Gasteiger partial charge in [-0.25, -0.2) is 38.7 Å². The molecule has 0 saturated carbocycles. The summed E-state index contributed by atoms with van der Waals surface area (Å²) in [5.41, 5.74) is 5.83. The highest BCUT2D eigenvalue weighted by Gasteiger charge is 2.29. The largest absolute Gasteiger partial charge is 0.481 e. The zero-order valence-electron chi connectivity index (χ0n) is 40.3. The molecule has 3 aromatic rings. The van der Waals surface area contributed by atoms with E-state index in [-0.39, 0.29) is 29.2 Å². The Labute approximate surface area is 432 Å². The van der Waals surface area contributed by atoms with Crippen molar-refractivity contribution in [3.05, 3.63) is 52.1 Å². The molecule has 0 bridgehead atoms. The van der Waals surface area contributed by atoms with Gasteiger partial charge in [0.05, 0.1) is 18.4 Å². The molecule has 1 aromatic carbocycles. The number of carboxylic acids is 7. The molecule has 0 aliphatic carbocycles. The Morgan fingerprint density at radius 2 is 0.818 bits per heavy atom.